The Balaban J connectivity index is 1.83. The van der Waals surface area contributed by atoms with Crippen molar-refractivity contribution < 1.29 is 26.3 Å². The summed E-state index contributed by atoms with van der Waals surface area (Å²) in [6.07, 6.45) is 1.99. The summed E-state index contributed by atoms with van der Waals surface area (Å²) in [5.74, 6) is -4.30. The first-order valence-corrected chi connectivity index (χ1v) is 10.3. The van der Waals surface area contributed by atoms with E-state index >= 15 is 0 Å². The van der Waals surface area contributed by atoms with Gasteiger partial charge in [0.05, 0.1) is 7.11 Å². The number of likely N-dealkylation sites (tertiary alicyclic amines) is 1. The van der Waals surface area contributed by atoms with Crippen molar-refractivity contribution in [2.45, 2.75) is 23.8 Å². The van der Waals surface area contributed by atoms with Crippen LogP contribution < -0.4 is 9.46 Å². The molecule has 1 atom stereocenters. The highest BCUT2D eigenvalue weighted by atomic mass is 32.2. The van der Waals surface area contributed by atoms with Gasteiger partial charge in [0, 0.05) is 12.6 Å². The molecule has 1 aliphatic rings. The highest BCUT2D eigenvalue weighted by Crippen LogP contribution is 2.27. The van der Waals surface area contributed by atoms with Gasteiger partial charge in [-0.05, 0) is 55.8 Å². The number of sulfonamides is 1. The molecular formula is C19H21F3N2O3S. The first-order chi connectivity index (χ1) is 13.3. The second-order valence-electron chi connectivity index (χ2n) is 6.56. The Morgan fingerprint density at radius 2 is 1.68 bits per heavy atom. The molecule has 0 aliphatic carbocycles. The third kappa shape index (κ3) is 4.31. The van der Waals surface area contributed by atoms with Gasteiger partial charge in [0.2, 0.25) is 10.0 Å². The number of halogens is 3. The Morgan fingerprint density at radius 3 is 2.29 bits per heavy atom. The lowest BCUT2D eigenvalue weighted by molar-refractivity contribution is 0.246. The van der Waals surface area contributed by atoms with E-state index in [-0.39, 0.29) is 12.6 Å². The van der Waals surface area contributed by atoms with E-state index in [9.17, 15) is 21.6 Å². The highest BCUT2D eigenvalue weighted by molar-refractivity contribution is 7.89. The van der Waals surface area contributed by atoms with Crippen molar-refractivity contribution in [3.05, 3.63) is 59.4 Å². The maximum Gasteiger partial charge on any atom is 0.243 e. The summed E-state index contributed by atoms with van der Waals surface area (Å²) in [7, 11) is -2.81. The van der Waals surface area contributed by atoms with Crippen LogP contribution in [0.2, 0.25) is 0 Å². The van der Waals surface area contributed by atoms with E-state index in [0.717, 1.165) is 31.5 Å². The Bertz CT molecular complexity index is 930. The second-order valence-corrected chi connectivity index (χ2v) is 8.29. The van der Waals surface area contributed by atoms with Gasteiger partial charge in [0.1, 0.15) is 10.6 Å². The molecule has 0 amide bonds. The molecule has 0 aromatic heterocycles. The van der Waals surface area contributed by atoms with Crippen molar-refractivity contribution in [3.63, 3.8) is 0 Å². The molecule has 0 spiro atoms. The molecule has 3 rings (SSSR count). The number of nitrogens with zero attached hydrogens (tertiary/aromatic N) is 1. The number of rotatable bonds is 7. The monoisotopic (exact) mass is 414 g/mol. The molecule has 1 saturated heterocycles. The summed E-state index contributed by atoms with van der Waals surface area (Å²) < 4.78 is 72.9. The summed E-state index contributed by atoms with van der Waals surface area (Å²) in [4.78, 5) is 1.22. The average molecular weight is 414 g/mol. The van der Waals surface area contributed by atoms with E-state index in [1.165, 1.54) is 0 Å². The predicted molar refractivity (Wildman–Crippen MR) is 98.0 cm³/mol. The van der Waals surface area contributed by atoms with Crippen LogP contribution in [0.25, 0.3) is 0 Å². The van der Waals surface area contributed by atoms with Crippen LogP contribution in [-0.4, -0.2) is 40.1 Å². The minimum absolute atomic E-state index is 0.0346. The molecule has 28 heavy (non-hydrogen) atoms. The molecule has 0 saturated carbocycles. The first-order valence-electron chi connectivity index (χ1n) is 8.84. The zero-order chi connectivity index (χ0) is 20.3. The number of ether oxygens (including phenoxy) is 1. The van der Waals surface area contributed by atoms with Crippen molar-refractivity contribution in [1.82, 2.24) is 9.62 Å². The second kappa shape index (κ2) is 8.50. The first kappa shape index (κ1) is 20.6. The Morgan fingerprint density at radius 1 is 1.04 bits per heavy atom. The zero-order valence-corrected chi connectivity index (χ0v) is 16.1. The van der Waals surface area contributed by atoms with Crippen LogP contribution in [0, 0.1) is 17.5 Å². The normalized spacial score (nSPS) is 16.3. The molecule has 2 aromatic carbocycles. The Kier molecular flexibility index (Phi) is 6.26. The smallest absolute Gasteiger partial charge is 0.243 e. The van der Waals surface area contributed by atoms with Crippen molar-refractivity contribution in [1.29, 1.82) is 0 Å². The molecule has 5 nitrogen and oxygen atoms in total. The van der Waals surface area contributed by atoms with Crippen molar-refractivity contribution in [2.75, 3.05) is 26.7 Å². The fourth-order valence-electron chi connectivity index (χ4n) is 3.32. The van der Waals surface area contributed by atoms with Crippen LogP contribution in [0.1, 0.15) is 24.4 Å². The third-order valence-electron chi connectivity index (χ3n) is 4.84. The lowest BCUT2D eigenvalue weighted by Gasteiger charge is -2.28. The van der Waals surface area contributed by atoms with Gasteiger partial charge in [0.25, 0.3) is 0 Å². The van der Waals surface area contributed by atoms with Crippen LogP contribution >= 0.6 is 0 Å². The number of nitrogens with one attached hydrogen (secondary N) is 1. The van der Waals surface area contributed by atoms with E-state index < -0.39 is 32.4 Å². The van der Waals surface area contributed by atoms with Crippen molar-refractivity contribution in [3.8, 4) is 5.75 Å². The molecule has 1 heterocycles. The lowest BCUT2D eigenvalue weighted by atomic mass is 10.1. The van der Waals surface area contributed by atoms with Gasteiger partial charge in [-0.25, -0.2) is 26.3 Å². The van der Waals surface area contributed by atoms with E-state index in [1.807, 2.05) is 12.1 Å². The zero-order valence-electron chi connectivity index (χ0n) is 15.3. The molecule has 1 N–H and O–H groups in total. The van der Waals surface area contributed by atoms with E-state index in [4.69, 9.17) is 4.74 Å². The SMILES string of the molecule is COc1ccc(C(CNS(=O)(=O)c2ccc(F)c(F)c2F)N2CCCC2)cc1. The molecule has 9 heteroatoms. The van der Waals surface area contributed by atoms with Crippen LogP contribution in [0.5, 0.6) is 5.75 Å². The predicted octanol–water partition coefficient (Wildman–Crippen LogP) is 3.23. The minimum Gasteiger partial charge on any atom is -0.497 e. The number of methoxy groups -OCH3 is 1. The fourth-order valence-corrected chi connectivity index (χ4v) is 4.42. The summed E-state index contributed by atoms with van der Waals surface area (Å²) in [5, 5.41) is 0. The summed E-state index contributed by atoms with van der Waals surface area (Å²) in [6, 6.07) is 8.27. The van der Waals surface area contributed by atoms with Gasteiger partial charge < -0.3 is 4.74 Å². The van der Waals surface area contributed by atoms with Crippen LogP contribution in [0.3, 0.4) is 0 Å². The van der Waals surface area contributed by atoms with E-state index in [2.05, 4.69) is 9.62 Å². The molecule has 152 valence electrons. The van der Waals surface area contributed by atoms with Gasteiger partial charge >= 0.3 is 0 Å². The minimum atomic E-state index is -4.36. The molecule has 1 unspecified atom stereocenters. The molecule has 1 fully saturated rings. The van der Waals surface area contributed by atoms with Gasteiger partial charge in [-0.1, -0.05) is 12.1 Å². The maximum absolute atomic E-state index is 13.9. The summed E-state index contributed by atoms with van der Waals surface area (Å²) in [6.45, 7) is 1.57. The summed E-state index contributed by atoms with van der Waals surface area (Å²) >= 11 is 0. The third-order valence-corrected chi connectivity index (χ3v) is 6.28. The highest BCUT2D eigenvalue weighted by Gasteiger charge is 2.28. The molecule has 1 aliphatic heterocycles. The van der Waals surface area contributed by atoms with Crippen LogP contribution in [-0.2, 0) is 10.0 Å². The quantitative estimate of drug-likeness (QED) is 0.707. The number of benzene rings is 2. The topological polar surface area (TPSA) is 58.6 Å². The van der Waals surface area contributed by atoms with Gasteiger partial charge in [-0.3, -0.25) is 4.90 Å². The fraction of sp³-hybridized carbons (Fsp3) is 0.368. The van der Waals surface area contributed by atoms with Crippen molar-refractivity contribution in [2.24, 2.45) is 0 Å². The van der Waals surface area contributed by atoms with Crippen LogP contribution in [0.4, 0.5) is 13.2 Å². The Hall–Kier alpha value is -2.10. The average Bonchev–Trinajstić information content (AvgIpc) is 3.21. The van der Waals surface area contributed by atoms with Gasteiger partial charge in [-0.15, -0.1) is 0 Å². The van der Waals surface area contributed by atoms with Crippen molar-refractivity contribution >= 4 is 10.0 Å². The molecular weight excluding hydrogens is 393 g/mol. The number of hydrogen-bond donors (Lipinski definition) is 1. The Labute approximate surface area is 162 Å². The standard InChI is InChI=1S/C19H21F3N2O3S/c1-27-14-6-4-13(5-7-14)16(24-10-2-3-11-24)12-23-28(25,26)17-9-8-15(20)18(21)19(17)22/h4-9,16,23H,2-3,10-12H2,1H3. The van der Waals surface area contributed by atoms with E-state index in [1.54, 1.807) is 19.2 Å². The number of hydrogen-bond acceptors (Lipinski definition) is 4. The van der Waals surface area contributed by atoms with Gasteiger partial charge in [-0.2, -0.15) is 0 Å². The molecule has 0 bridgehead atoms. The van der Waals surface area contributed by atoms with Gasteiger partial charge in [0.15, 0.2) is 17.5 Å². The van der Waals surface area contributed by atoms with E-state index in [0.29, 0.717) is 17.9 Å². The summed E-state index contributed by atoms with van der Waals surface area (Å²) in [5.41, 5.74) is 0.871. The molecule has 0 radical (unpaired) electrons. The van der Waals surface area contributed by atoms with Crippen LogP contribution in [0.15, 0.2) is 41.3 Å². The maximum atomic E-state index is 13.9. The molecule has 2 aromatic rings. The lowest BCUT2D eigenvalue weighted by Crippen LogP contribution is -2.37. The largest absolute Gasteiger partial charge is 0.497 e.